The van der Waals surface area contributed by atoms with E-state index >= 15 is 0 Å². The number of hydrogen-bond donors (Lipinski definition) is 0. The van der Waals surface area contributed by atoms with Gasteiger partial charge in [-0.05, 0) is 12.5 Å². The number of hydrogen-bond acceptors (Lipinski definition) is 5. The van der Waals surface area contributed by atoms with Crippen LogP contribution in [0.5, 0.6) is 5.75 Å². The first kappa shape index (κ1) is 13.1. The van der Waals surface area contributed by atoms with Crippen LogP contribution >= 0.6 is 0 Å². The molecule has 0 aliphatic rings. The highest BCUT2D eigenvalue weighted by Gasteiger charge is 2.09. The molecule has 2 rings (SSSR count). The van der Waals surface area contributed by atoms with Crippen molar-refractivity contribution >= 4 is 0 Å². The Kier molecular flexibility index (Phi) is 4.51. The van der Waals surface area contributed by atoms with Crippen molar-refractivity contribution in [2.45, 2.75) is 25.7 Å². The SMILES string of the molecule is COc1ccccc1Cc1noc(CCCC#N)n1. The van der Waals surface area contributed by atoms with Gasteiger partial charge in [-0.1, -0.05) is 23.4 Å². The van der Waals surface area contributed by atoms with E-state index in [1.807, 2.05) is 24.3 Å². The van der Waals surface area contributed by atoms with Crippen molar-refractivity contribution in [1.29, 1.82) is 5.26 Å². The third-order valence-corrected chi connectivity index (χ3v) is 2.73. The van der Waals surface area contributed by atoms with Crippen molar-refractivity contribution in [3.8, 4) is 11.8 Å². The van der Waals surface area contributed by atoms with Gasteiger partial charge in [0.05, 0.1) is 13.2 Å². The monoisotopic (exact) mass is 257 g/mol. The van der Waals surface area contributed by atoms with E-state index in [4.69, 9.17) is 14.5 Å². The highest BCUT2D eigenvalue weighted by Crippen LogP contribution is 2.19. The van der Waals surface area contributed by atoms with Crippen molar-refractivity contribution in [2.24, 2.45) is 0 Å². The lowest BCUT2D eigenvalue weighted by atomic mass is 10.1. The normalized spacial score (nSPS) is 10.1. The van der Waals surface area contributed by atoms with E-state index in [-0.39, 0.29) is 0 Å². The fourth-order valence-electron chi connectivity index (χ4n) is 1.80. The minimum Gasteiger partial charge on any atom is -0.496 e. The number of para-hydroxylation sites is 1. The van der Waals surface area contributed by atoms with E-state index < -0.39 is 0 Å². The molecular weight excluding hydrogens is 242 g/mol. The smallest absolute Gasteiger partial charge is 0.226 e. The maximum absolute atomic E-state index is 8.47. The van der Waals surface area contributed by atoms with Gasteiger partial charge in [-0.25, -0.2) is 0 Å². The van der Waals surface area contributed by atoms with Gasteiger partial charge in [0.2, 0.25) is 5.89 Å². The van der Waals surface area contributed by atoms with E-state index in [0.29, 0.717) is 31.0 Å². The molecule has 0 spiro atoms. The van der Waals surface area contributed by atoms with Gasteiger partial charge in [-0.3, -0.25) is 0 Å². The van der Waals surface area contributed by atoms with Crippen LogP contribution in [0.15, 0.2) is 28.8 Å². The summed E-state index contributed by atoms with van der Waals surface area (Å²) in [5, 5.41) is 12.4. The minimum absolute atomic E-state index is 0.504. The van der Waals surface area contributed by atoms with E-state index in [1.54, 1.807) is 7.11 Å². The lowest BCUT2D eigenvalue weighted by molar-refractivity contribution is 0.371. The van der Waals surface area contributed by atoms with Crippen LogP contribution in [0.3, 0.4) is 0 Å². The molecule has 0 radical (unpaired) electrons. The van der Waals surface area contributed by atoms with Crippen LogP contribution in [-0.2, 0) is 12.8 Å². The van der Waals surface area contributed by atoms with Gasteiger partial charge >= 0.3 is 0 Å². The molecule has 2 aromatic rings. The van der Waals surface area contributed by atoms with Crippen LogP contribution < -0.4 is 4.74 Å². The van der Waals surface area contributed by atoms with Crippen molar-refractivity contribution in [2.75, 3.05) is 7.11 Å². The highest BCUT2D eigenvalue weighted by molar-refractivity contribution is 5.35. The van der Waals surface area contributed by atoms with Crippen LogP contribution in [0.2, 0.25) is 0 Å². The molecule has 0 aliphatic carbocycles. The summed E-state index contributed by atoms with van der Waals surface area (Å²) in [5.41, 5.74) is 1.02. The van der Waals surface area contributed by atoms with Crippen molar-refractivity contribution in [1.82, 2.24) is 10.1 Å². The predicted molar refractivity (Wildman–Crippen MR) is 68.6 cm³/mol. The van der Waals surface area contributed by atoms with Crippen LogP contribution in [-0.4, -0.2) is 17.3 Å². The summed E-state index contributed by atoms with van der Waals surface area (Å²) in [6.07, 6.45) is 2.47. The zero-order chi connectivity index (χ0) is 13.5. The molecule has 0 atom stereocenters. The molecule has 0 fully saturated rings. The van der Waals surface area contributed by atoms with Gasteiger partial charge in [-0.2, -0.15) is 10.2 Å². The van der Waals surface area contributed by atoms with E-state index in [9.17, 15) is 0 Å². The lowest BCUT2D eigenvalue weighted by Gasteiger charge is -2.04. The number of ether oxygens (including phenoxy) is 1. The molecule has 0 amide bonds. The van der Waals surface area contributed by atoms with Gasteiger partial charge < -0.3 is 9.26 Å². The second-order valence-electron chi connectivity index (χ2n) is 4.10. The average Bonchev–Trinajstić information content (AvgIpc) is 2.87. The summed E-state index contributed by atoms with van der Waals surface area (Å²) in [7, 11) is 1.64. The van der Waals surface area contributed by atoms with Crippen LogP contribution in [0.25, 0.3) is 0 Å². The highest BCUT2D eigenvalue weighted by atomic mass is 16.5. The number of benzene rings is 1. The van der Waals surface area contributed by atoms with Gasteiger partial charge in [0, 0.05) is 24.8 Å². The van der Waals surface area contributed by atoms with Gasteiger partial charge in [0.15, 0.2) is 5.82 Å². The maximum atomic E-state index is 8.47. The van der Waals surface area contributed by atoms with Gasteiger partial charge in [0.1, 0.15) is 5.75 Å². The summed E-state index contributed by atoms with van der Waals surface area (Å²) < 4.78 is 10.4. The molecule has 1 aromatic heterocycles. The summed E-state index contributed by atoms with van der Waals surface area (Å²) in [4.78, 5) is 4.31. The van der Waals surface area contributed by atoms with Gasteiger partial charge in [0.25, 0.3) is 0 Å². The van der Waals surface area contributed by atoms with Crippen molar-refractivity contribution in [3.05, 3.63) is 41.5 Å². The first-order chi connectivity index (χ1) is 9.33. The first-order valence-corrected chi connectivity index (χ1v) is 6.14. The number of nitriles is 1. The van der Waals surface area contributed by atoms with E-state index in [1.165, 1.54) is 0 Å². The maximum Gasteiger partial charge on any atom is 0.226 e. The molecule has 1 aromatic carbocycles. The summed E-state index contributed by atoms with van der Waals surface area (Å²) >= 11 is 0. The molecule has 0 aliphatic heterocycles. The van der Waals surface area contributed by atoms with Crippen LogP contribution in [0, 0.1) is 11.3 Å². The topological polar surface area (TPSA) is 71.9 Å². The number of nitrogens with zero attached hydrogens (tertiary/aromatic N) is 3. The molecule has 5 heteroatoms. The first-order valence-electron chi connectivity index (χ1n) is 6.14. The van der Waals surface area contributed by atoms with Crippen LogP contribution in [0.1, 0.15) is 30.1 Å². The Morgan fingerprint density at radius 3 is 3.00 bits per heavy atom. The van der Waals surface area contributed by atoms with E-state index in [0.717, 1.165) is 17.7 Å². The lowest BCUT2D eigenvalue weighted by Crippen LogP contribution is -1.95. The zero-order valence-corrected chi connectivity index (χ0v) is 10.8. The Labute approximate surface area is 111 Å². The predicted octanol–water partition coefficient (Wildman–Crippen LogP) is 2.52. The standard InChI is InChI=1S/C14H15N3O2/c1-18-12-7-3-2-6-11(12)10-13-16-14(19-17-13)8-4-5-9-15/h2-3,6-7H,4-5,8,10H2,1H3. The largest absolute Gasteiger partial charge is 0.496 e. The number of aromatic nitrogens is 2. The fraction of sp³-hybridized carbons (Fsp3) is 0.357. The molecule has 0 saturated heterocycles. The third kappa shape index (κ3) is 3.55. The molecular formula is C14H15N3O2. The quantitative estimate of drug-likeness (QED) is 0.743. The number of rotatable bonds is 6. The number of methoxy groups -OCH3 is 1. The number of aryl methyl sites for hydroxylation is 1. The van der Waals surface area contributed by atoms with E-state index in [2.05, 4.69) is 16.2 Å². The average molecular weight is 257 g/mol. The fourth-order valence-corrected chi connectivity index (χ4v) is 1.80. The summed E-state index contributed by atoms with van der Waals surface area (Å²) in [6, 6.07) is 9.85. The molecule has 5 nitrogen and oxygen atoms in total. The Balaban J connectivity index is 2.01. The second kappa shape index (κ2) is 6.55. The van der Waals surface area contributed by atoms with Crippen LogP contribution in [0.4, 0.5) is 0 Å². The van der Waals surface area contributed by atoms with Crippen molar-refractivity contribution < 1.29 is 9.26 Å². The zero-order valence-electron chi connectivity index (χ0n) is 10.8. The Morgan fingerprint density at radius 1 is 1.37 bits per heavy atom. The summed E-state index contributed by atoms with van der Waals surface area (Å²) in [6.45, 7) is 0. The number of unbranched alkanes of at least 4 members (excludes halogenated alkanes) is 1. The third-order valence-electron chi connectivity index (χ3n) is 2.73. The summed E-state index contributed by atoms with van der Waals surface area (Å²) in [5.74, 6) is 2.04. The molecule has 1 heterocycles. The molecule has 19 heavy (non-hydrogen) atoms. The molecule has 0 unspecified atom stereocenters. The molecule has 98 valence electrons. The van der Waals surface area contributed by atoms with Crippen molar-refractivity contribution in [3.63, 3.8) is 0 Å². The molecule has 0 saturated carbocycles. The second-order valence-corrected chi connectivity index (χ2v) is 4.10. The Morgan fingerprint density at radius 2 is 2.21 bits per heavy atom. The minimum atomic E-state index is 0.504. The Bertz CT molecular complexity index is 572. The molecule has 0 bridgehead atoms. The van der Waals surface area contributed by atoms with Gasteiger partial charge in [-0.15, -0.1) is 0 Å². The Hall–Kier alpha value is -2.35. The molecule has 0 N–H and O–H groups in total.